The normalized spacial score (nSPS) is 15.7. The van der Waals surface area contributed by atoms with Crippen molar-refractivity contribution in [2.24, 2.45) is 0 Å². The Kier molecular flexibility index (Phi) is 7.29. The van der Waals surface area contributed by atoms with E-state index in [2.05, 4.69) is 5.32 Å². The minimum atomic E-state index is -3.68. The number of sulfonamides is 1. The number of carbonyl (C=O) groups is 2. The summed E-state index contributed by atoms with van der Waals surface area (Å²) in [4.78, 5) is 25.0. The van der Waals surface area contributed by atoms with Gasteiger partial charge in [0, 0.05) is 13.1 Å². The second kappa shape index (κ2) is 9.93. The maximum atomic E-state index is 12.9. The molecular formula is C22H26N2O6S. The topological polar surface area (TPSA) is 102 Å². The van der Waals surface area contributed by atoms with Gasteiger partial charge in [0.2, 0.25) is 10.0 Å². The first kappa shape index (κ1) is 22.8. The van der Waals surface area contributed by atoms with Gasteiger partial charge in [-0.05, 0) is 50.1 Å². The van der Waals surface area contributed by atoms with E-state index >= 15 is 0 Å². The van der Waals surface area contributed by atoms with Crippen LogP contribution in [-0.2, 0) is 19.6 Å². The summed E-state index contributed by atoms with van der Waals surface area (Å²) in [5, 5.41) is 2.65. The molecule has 1 heterocycles. The third-order valence-electron chi connectivity index (χ3n) is 5.04. The summed E-state index contributed by atoms with van der Waals surface area (Å²) in [7, 11) is -2.19. The average molecular weight is 447 g/mol. The van der Waals surface area contributed by atoms with Gasteiger partial charge in [-0.1, -0.05) is 24.6 Å². The Morgan fingerprint density at radius 1 is 1.03 bits per heavy atom. The predicted octanol–water partition coefficient (Wildman–Crippen LogP) is 3.05. The quantitative estimate of drug-likeness (QED) is 0.656. The summed E-state index contributed by atoms with van der Waals surface area (Å²) in [6.07, 6.45) is 1.55. The Hall–Kier alpha value is -2.91. The smallest absolute Gasteiger partial charge is 0.338 e. The van der Waals surface area contributed by atoms with E-state index in [1.54, 1.807) is 24.3 Å². The Morgan fingerprint density at radius 2 is 1.74 bits per heavy atom. The van der Waals surface area contributed by atoms with E-state index in [1.807, 2.05) is 0 Å². The number of hydrogen-bond acceptors (Lipinski definition) is 6. The van der Waals surface area contributed by atoms with Crippen molar-refractivity contribution in [3.63, 3.8) is 0 Å². The first-order chi connectivity index (χ1) is 14.8. The minimum Gasteiger partial charge on any atom is -0.495 e. The van der Waals surface area contributed by atoms with Gasteiger partial charge in [0.05, 0.1) is 23.3 Å². The molecule has 0 radical (unpaired) electrons. The highest BCUT2D eigenvalue weighted by molar-refractivity contribution is 7.89. The van der Waals surface area contributed by atoms with Crippen LogP contribution in [0.3, 0.4) is 0 Å². The maximum Gasteiger partial charge on any atom is 0.338 e. The van der Waals surface area contributed by atoms with Crippen LogP contribution in [0, 0.1) is 0 Å². The molecule has 0 saturated carbocycles. The molecule has 1 saturated heterocycles. The molecule has 0 spiro atoms. The minimum absolute atomic E-state index is 0.0370. The lowest BCUT2D eigenvalue weighted by molar-refractivity contribution is -0.123. The van der Waals surface area contributed by atoms with E-state index in [0.29, 0.717) is 24.5 Å². The molecule has 0 aliphatic carbocycles. The van der Waals surface area contributed by atoms with E-state index in [9.17, 15) is 18.0 Å². The third kappa shape index (κ3) is 5.42. The lowest BCUT2D eigenvalue weighted by Crippen LogP contribution is -2.35. The molecule has 1 fully saturated rings. The highest BCUT2D eigenvalue weighted by Gasteiger charge is 2.27. The fraction of sp³-hybridized carbons (Fsp3) is 0.364. The number of carbonyl (C=O) groups excluding carboxylic acids is 2. The lowest BCUT2D eigenvalue weighted by Gasteiger charge is -2.26. The van der Waals surface area contributed by atoms with Gasteiger partial charge in [-0.2, -0.15) is 4.31 Å². The van der Waals surface area contributed by atoms with Crippen molar-refractivity contribution in [1.29, 1.82) is 0 Å². The maximum absolute atomic E-state index is 12.9. The average Bonchev–Trinajstić information content (AvgIpc) is 2.80. The molecule has 0 unspecified atom stereocenters. The van der Waals surface area contributed by atoms with E-state index in [1.165, 1.54) is 42.6 Å². The largest absolute Gasteiger partial charge is 0.495 e. The van der Waals surface area contributed by atoms with Gasteiger partial charge in [0.25, 0.3) is 5.91 Å². The third-order valence-corrected chi connectivity index (χ3v) is 6.94. The van der Waals surface area contributed by atoms with Crippen molar-refractivity contribution in [2.75, 3.05) is 25.5 Å². The van der Waals surface area contributed by atoms with Crippen LogP contribution in [0.25, 0.3) is 0 Å². The highest BCUT2D eigenvalue weighted by atomic mass is 32.2. The fourth-order valence-electron chi connectivity index (χ4n) is 3.30. The second-order valence-electron chi connectivity index (χ2n) is 7.23. The molecule has 1 aliphatic heterocycles. The number of nitrogens with zero attached hydrogens (tertiary/aromatic N) is 1. The Balaban J connectivity index is 1.69. The van der Waals surface area contributed by atoms with Crippen molar-refractivity contribution in [3.05, 3.63) is 54.1 Å². The van der Waals surface area contributed by atoms with E-state index in [-0.39, 0.29) is 10.5 Å². The molecule has 166 valence electrons. The van der Waals surface area contributed by atoms with Crippen LogP contribution in [0.4, 0.5) is 5.69 Å². The van der Waals surface area contributed by atoms with Gasteiger partial charge in [-0.25, -0.2) is 13.2 Å². The molecule has 1 aliphatic rings. The van der Waals surface area contributed by atoms with E-state index in [0.717, 1.165) is 19.3 Å². The summed E-state index contributed by atoms with van der Waals surface area (Å²) in [5.41, 5.74) is 0.516. The molecule has 0 bridgehead atoms. The number of para-hydroxylation sites is 2. The number of hydrogen-bond donors (Lipinski definition) is 1. The monoisotopic (exact) mass is 446 g/mol. The number of amides is 1. The van der Waals surface area contributed by atoms with Gasteiger partial charge >= 0.3 is 5.97 Å². The molecule has 1 atom stereocenters. The molecule has 1 N–H and O–H groups in total. The number of methoxy groups -OCH3 is 1. The molecule has 2 aromatic carbocycles. The summed E-state index contributed by atoms with van der Waals surface area (Å²) in [6.45, 7) is 2.38. The number of anilines is 1. The number of piperidine rings is 1. The predicted molar refractivity (Wildman–Crippen MR) is 116 cm³/mol. The van der Waals surface area contributed by atoms with Gasteiger partial charge in [0.1, 0.15) is 5.75 Å². The van der Waals surface area contributed by atoms with Crippen LogP contribution in [0.15, 0.2) is 53.4 Å². The molecule has 8 nitrogen and oxygen atoms in total. The molecule has 1 amide bonds. The Bertz CT molecular complexity index is 1050. The number of esters is 1. The number of benzene rings is 2. The number of rotatable bonds is 7. The molecule has 9 heteroatoms. The summed E-state index contributed by atoms with van der Waals surface area (Å²) in [5.74, 6) is -0.835. The van der Waals surface area contributed by atoms with Gasteiger partial charge in [-0.15, -0.1) is 0 Å². The Morgan fingerprint density at radius 3 is 2.45 bits per heavy atom. The lowest BCUT2D eigenvalue weighted by atomic mass is 10.2. The van der Waals surface area contributed by atoms with Crippen LogP contribution >= 0.6 is 0 Å². The Labute approximate surface area is 182 Å². The van der Waals surface area contributed by atoms with Gasteiger partial charge in [-0.3, -0.25) is 4.79 Å². The number of nitrogens with one attached hydrogen (secondary N) is 1. The van der Waals surface area contributed by atoms with E-state index in [4.69, 9.17) is 9.47 Å². The molecular weight excluding hydrogens is 420 g/mol. The summed E-state index contributed by atoms with van der Waals surface area (Å²) in [6, 6.07) is 12.6. The van der Waals surface area contributed by atoms with Crippen LogP contribution in [0.1, 0.15) is 36.5 Å². The molecule has 0 aromatic heterocycles. The first-order valence-electron chi connectivity index (χ1n) is 10.1. The van der Waals surface area contributed by atoms with Crippen molar-refractivity contribution < 1.29 is 27.5 Å². The van der Waals surface area contributed by atoms with Crippen LogP contribution < -0.4 is 10.1 Å². The number of ether oxygens (including phenoxy) is 2. The molecule has 2 aromatic rings. The van der Waals surface area contributed by atoms with Crippen LogP contribution in [0.2, 0.25) is 0 Å². The zero-order chi connectivity index (χ0) is 22.4. The zero-order valence-electron chi connectivity index (χ0n) is 17.5. The highest BCUT2D eigenvalue weighted by Crippen LogP contribution is 2.24. The van der Waals surface area contributed by atoms with Crippen molar-refractivity contribution >= 4 is 27.6 Å². The van der Waals surface area contributed by atoms with Crippen LogP contribution in [0.5, 0.6) is 5.75 Å². The van der Waals surface area contributed by atoms with Crippen molar-refractivity contribution in [2.45, 2.75) is 37.2 Å². The van der Waals surface area contributed by atoms with Crippen molar-refractivity contribution in [1.82, 2.24) is 4.31 Å². The van der Waals surface area contributed by atoms with E-state index < -0.39 is 28.0 Å². The standard InChI is InChI=1S/C22H26N2O6S/c1-16(21(25)23-19-11-4-5-12-20(19)29-2)30-22(26)17-9-8-10-18(15-17)31(27,28)24-13-6-3-7-14-24/h4-5,8-12,15-16H,3,6-7,13-14H2,1-2H3,(H,23,25)/t16-/m0/s1. The SMILES string of the molecule is COc1ccccc1NC(=O)[C@H](C)OC(=O)c1cccc(S(=O)(=O)N2CCCCC2)c1. The summed E-state index contributed by atoms with van der Waals surface area (Å²) < 4.78 is 37.6. The first-order valence-corrected chi connectivity index (χ1v) is 11.5. The van der Waals surface area contributed by atoms with Crippen molar-refractivity contribution in [3.8, 4) is 5.75 Å². The second-order valence-corrected chi connectivity index (χ2v) is 9.17. The molecule has 31 heavy (non-hydrogen) atoms. The summed E-state index contributed by atoms with van der Waals surface area (Å²) >= 11 is 0. The van der Waals surface area contributed by atoms with Gasteiger partial charge in [0.15, 0.2) is 6.10 Å². The fourth-order valence-corrected chi connectivity index (χ4v) is 4.87. The van der Waals surface area contributed by atoms with Gasteiger partial charge < -0.3 is 14.8 Å². The zero-order valence-corrected chi connectivity index (χ0v) is 18.4. The van der Waals surface area contributed by atoms with Crippen LogP contribution in [-0.4, -0.2) is 50.9 Å². The molecule has 3 rings (SSSR count).